The van der Waals surface area contributed by atoms with Crippen LogP contribution in [-0.4, -0.2) is 67.2 Å². The standard InChI is InChI=1S/C25H34FN3O5/c1-16(2)23-21(11-10-19(30)14-20(31)15-22(32)33)29(18-8-6-17(26)7-9-18)27-24(23)25(34)28-12-4-3-5-13-28/h6-9,16,19-20,30-31H,3-5,10-15H2,1-2H3,(H,32,33). The van der Waals surface area contributed by atoms with Crippen molar-refractivity contribution in [3.05, 3.63) is 47.0 Å². The van der Waals surface area contributed by atoms with E-state index >= 15 is 0 Å². The van der Waals surface area contributed by atoms with Crippen molar-refractivity contribution in [2.75, 3.05) is 13.1 Å². The minimum atomic E-state index is -1.14. The molecule has 1 aromatic heterocycles. The highest BCUT2D eigenvalue weighted by atomic mass is 19.1. The summed E-state index contributed by atoms with van der Waals surface area (Å²) in [6.07, 6.45) is 1.05. The maximum atomic E-state index is 13.6. The Kier molecular flexibility index (Phi) is 8.79. The van der Waals surface area contributed by atoms with Crippen LogP contribution in [0.15, 0.2) is 24.3 Å². The van der Waals surface area contributed by atoms with E-state index in [2.05, 4.69) is 5.10 Å². The summed E-state index contributed by atoms with van der Waals surface area (Å²) in [4.78, 5) is 26.0. The van der Waals surface area contributed by atoms with Crippen LogP contribution in [-0.2, 0) is 11.2 Å². The molecule has 0 bridgehead atoms. The summed E-state index contributed by atoms with van der Waals surface area (Å²) < 4.78 is 15.2. The van der Waals surface area contributed by atoms with Gasteiger partial charge in [0.2, 0.25) is 0 Å². The number of aliphatic carboxylic acids is 1. The molecule has 0 radical (unpaired) electrons. The number of carbonyl (C=O) groups excluding carboxylic acids is 1. The summed E-state index contributed by atoms with van der Waals surface area (Å²) in [6.45, 7) is 5.34. The number of rotatable bonds is 10. The molecule has 3 N–H and O–H groups in total. The van der Waals surface area contributed by atoms with Crippen molar-refractivity contribution >= 4 is 11.9 Å². The second-order valence-electron chi connectivity index (χ2n) is 9.28. The largest absolute Gasteiger partial charge is 0.481 e. The van der Waals surface area contributed by atoms with E-state index < -0.39 is 24.6 Å². The van der Waals surface area contributed by atoms with E-state index in [-0.39, 0.29) is 30.5 Å². The van der Waals surface area contributed by atoms with Gasteiger partial charge in [-0.3, -0.25) is 9.59 Å². The van der Waals surface area contributed by atoms with E-state index in [1.165, 1.54) is 12.1 Å². The van der Waals surface area contributed by atoms with Crippen LogP contribution in [0.2, 0.25) is 0 Å². The Morgan fingerprint density at radius 2 is 1.71 bits per heavy atom. The van der Waals surface area contributed by atoms with E-state index in [4.69, 9.17) is 5.11 Å². The second-order valence-corrected chi connectivity index (χ2v) is 9.28. The predicted molar refractivity (Wildman–Crippen MR) is 125 cm³/mol. The average Bonchev–Trinajstić information content (AvgIpc) is 3.17. The molecule has 2 aromatic rings. The van der Waals surface area contributed by atoms with Gasteiger partial charge in [0.25, 0.3) is 5.91 Å². The second kappa shape index (κ2) is 11.6. The third-order valence-corrected chi connectivity index (χ3v) is 6.18. The first-order chi connectivity index (χ1) is 16.2. The van der Waals surface area contributed by atoms with Crippen molar-refractivity contribution in [2.45, 2.75) is 76.9 Å². The average molecular weight is 476 g/mol. The fourth-order valence-electron chi connectivity index (χ4n) is 4.53. The van der Waals surface area contributed by atoms with Crippen LogP contribution in [0.1, 0.15) is 80.0 Å². The molecule has 0 saturated carbocycles. The molecule has 186 valence electrons. The van der Waals surface area contributed by atoms with Crippen LogP contribution in [0.25, 0.3) is 5.69 Å². The molecule has 34 heavy (non-hydrogen) atoms. The van der Waals surface area contributed by atoms with Crippen LogP contribution in [0.5, 0.6) is 0 Å². The zero-order chi connectivity index (χ0) is 24.8. The van der Waals surface area contributed by atoms with Gasteiger partial charge in [-0.1, -0.05) is 13.8 Å². The van der Waals surface area contributed by atoms with Crippen molar-refractivity contribution in [1.29, 1.82) is 0 Å². The van der Waals surface area contributed by atoms with Crippen molar-refractivity contribution in [2.24, 2.45) is 0 Å². The molecule has 3 rings (SSSR count). The van der Waals surface area contributed by atoms with E-state index in [1.54, 1.807) is 16.8 Å². The number of carbonyl (C=O) groups is 2. The van der Waals surface area contributed by atoms with Crippen LogP contribution in [0.4, 0.5) is 4.39 Å². The Bertz CT molecular complexity index is 983. The summed E-state index contributed by atoms with van der Waals surface area (Å²) >= 11 is 0. The van der Waals surface area contributed by atoms with Gasteiger partial charge in [-0.15, -0.1) is 0 Å². The van der Waals surface area contributed by atoms with Crippen molar-refractivity contribution in [3.8, 4) is 5.69 Å². The molecule has 1 amide bonds. The number of aliphatic hydroxyl groups is 2. The van der Waals surface area contributed by atoms with Crippen LogP contribution in [0, 0.1) is 5.82 Å². The van der Waals surface area contributed by atoms with Gasteiger partial charge in [-0.2, -0.15) is 5.10 Å². The first kappa shape index (κ1) is 25.8. The summed E-state index contributed by atoms with van der Waals surface area (Å²) in [5.74, 6) is -1.66. The van der Waals surface area contributed by atoms with E-state index in [1.807, 2.05) is 18.7 Å². The van der Waals surface area contributed by atoms with E-state index in [9.17, 15) is 24.2 Å². The van der Waals surface area contributed by atoms with Gasteiger partial charge >= 0.3 is 5.97 Å². The molecule has 2 unspecified atom stereocenters. The summed E-state index contributed by atoms with van der Waals surface area (Å²) in [6, 6.07) is 5.86. The smallest absolute Gasteiger partial charge is 0.305 e. The molecule has 1 fully saturated rings. The molecule has 8 nitrogen and oxygen atoms in total. The van der Waals surface area contributed by atoms with Crippen molar-refractivity contribution < 1.29 is 29.3 Å². The number of carboxylic acids is 1. The van der Waals surface area contributed by atoms with Gasteiger partial charge in [0.05, 0.1) is 24.3 Å². The fourth-order valence-corrected chi connectivity index (χ4v) is 4.53. The van der Waals surface area contributed by atoms with Crippen molar-refractivity contribution in [3.63, 3.8) is 0 Å². The molecular weight excluding hydrogens is 441 g/mol. The number of hydrogen-bond acceptors (Lipinski definition) is 5. The first-order valence-electron chi connectivity index (χ1n) is 11.9. The number of aromatic nitrogens is 2. The maximum Gasteiger partial charge on any atom is 0.305 e. The quantitative estimate of drug-likeness (QED) is 0.486. The number of benzene rings is 1. The molecule has 1 aliphatic rings. The van der Waals surface area contributed by atoms with Gasteiger partial charge in [0, 0.05) is 24.3 Å². The number of hydrogen-bond donors (Lipinski definition) is 3. The lowest BCUT2D eigenvalue weighted by Gasteiger charge is -2.26. The molecule has 0 aliphatic carbocycles. The zero-order valence-electron chi connectivity index (χ0n) is 19.8. The van der Waals surface area contributed by atoms with E-state index in [0.717, 1.165) is 30.5 Å². The van der Waals surface area contributed by atoms with Crippen LogP contribution < -0.4 is 0 Å². The molecule has 1 saturated heterocycles. The Morgan fingerprint density at radius 3 is 2.29 bits per heavy atom. The molecule has 1 aromatic carbocycles. The lowest BCUT2D eigenvalue weighted by Crippen LogP contribution is -2.36. The molecule has 1 aliphatic heterocycles. The number of likely N-dealkylation sites (tertiary alicyclic amines) is 1. The van der Waals surface area contributed by atoms with Gasteiger partial charge in [0.15, 0.2) is 5.69 Å². The third kappa shape index (κ3) is 6.42. The molecule has 9 heteroatoms. The van der Waals surface area contributed by atoms with Gasteiger partial charge < -0.3 is 20.2 Å². The van der Waals surface area contributed by atoms with Crippen molar-refractivity contribution in [1.82, 2.24) is 14.7 Å². The number of carboxylic acid groups (broad SMARTS) is 1. The monoisotopic (exact) mass is 475 g/mol. The van der Waals surface area contributed by atoms with E-state index in [0.29, 0.717) is 30.9 Å². The normalized spacial score (nSPS) is 16.0. The van der Waals surface area contributed by atoms with Gasteiger partial charge in [-0.25, -0.2) is 9.07 Å². The lowest BCUT2D eigenvalue weighted by atomic mass is 9.95. The highest BCUT2D eigenvalue weighted by Gasteiger charge is 2.29. The highest BCUT2D eigenvalue weighted by molar-refractivity contribution is 5.94. The van der Waals surface area contributed by atoms with Crippen LogP contribution in [0.3, 0.4) is 0 Å². The Morgan fingerprint density at radius 1 is 1.06 bits per heavy atom. The molecule has 0 spiro atoms. The molecular formula is C25H34FN3O5. The summed E-state index contributed by atoms with van der Waals surface area (Å²) in [5, 5.41) is 33.8. The number of nitrogens with zero attached hydrogens (tertiary/aromatic N) is 3. The Labute approximate surface area is 199 Å². The number of amides is 1. The number of aliphatic hydroxyl groups excluding tert-OH is 2. The lowest BCUT2D eigenvalue weighted by molar-refractivity contribution is -0.139. The minimum absolute atomic E-state index is 0.0253. The minimum Gasteiger partial charge on any atom is -0.481 e. The van der Waals surface area contributed by atoms with Gasteiger partial charge in [-0.05, 0) is 68.7 Å². The fraction of sp³-hybridized carbons (Fsp3) is 0.560. The topological polar surface area (TPSA) is 116 Å². The van der Waals surface area contributed by atoms with Gasteiger partial charge in [0.1, 0.15) is 5.82 Å². The molecule has 2 heterocycles. The molecule has 2 atom stereocenters. The zero-order valence-corrected chi connectivity index (χ0v) is 19.8. The summed E-state index contributed by atoms with van der Waals surface area (Å²) in [7, 11) is 0. The third-order valence-electron chi connectivity index (χ3n) is 6.18. The first-order valence-corrected chi connectivity index (χ1v) is 11.9. The maximum absolute atomic E-state index is 13.6. The van der Waals surface area contributed by atoms with Crippen LogP contribution >= 0.6 is 0 Å². The predicted octanol–water partition coefficient (Wildman–Crippen LogP) is 3.28. The Balaban J connectivity index is 1.94. The Hall–Kier alpha value is -2.78. The summed E-state index contributed by atoms with van der Waals surface area (Å²) in [5.41, 5.74) is 2.51. The number of halogens is 1. The number of piperidine rings is 1. The highest BCUT2D eigenvalue weighted by Crippen LogP contribution is 2.30. The SMILES string of the molecule is CC(C)c1c(C(=O)N2CCCCC2)nn(-c2ccc(F)cc2)c1CCC(O)CC(O)CC(=O)O.